The summed E-state index contributed by atoms with van der Waals surface area (Å²) in [5, 5.41) is 0. The van der Waals surface area contributed by atoms with Crippen molar-refractivity contribution >= 4 is 17.7 Å². The van der Waals surface area contributed by atoms with E-state index in [-0.39, 0.29) is 17.7 Å². The van der Waals surface area contributed by atoms with E-state index in [0.29, 0.717) is 42.9 Å². The van der Waals surface area contributed by atoms with Crippen LogP contribution in [-0.2, 0) is 0 Å². The first kappa shape index (κ1) is 21.0. The van der Waals surface area contributed by atoms with Crippen molar-refractivity contribution in [2.75, 3.05) is 39.3 Å². The molecule has 0 aromatic heterocycles. The first-order chi connectivity index (χ1) is 15.0. The minimum Gasteiger partial charge on any atom is -0.335 e. The van der Waals surface area contributed by atoms with Gasteiger partial charge in [0.15, 0.2) is 5.78 Å². The highest BCUT2D eigenvalue weighted by atomic mass is 19.1. The van der Waals surface area contributed by atoms with E-state index in [4.69, 9.17) is 0 Å². The minimum atomic E-state index is -0.419. The van der Waals surface area contributed by atoms with E-state index in [0.717, 1.165) is 25.9 Å². The second-order valence-electron chi connectivity index (χ2n) is 7.99. The first-order valence-corrected chi connectivity index (χ1v) is 10.8. The van der Waals surface area contributed by atoms with Gasteiger partial charge in [-0.1, -0.05) is 18.2 Å². The number of likely N-dealkylation sites (tertiary alicyclic amines) is 1. The average Bonchev–Trinajstić information content (AvgIpc) is 2.84. The molecule has 0 unspecified atom stereocenters. The number of piperazine rings is 1. The molecule has 0 atom stereocenters. The Morgan fingerprint density at radius 1 is 0.645 bits per heavy atom. The quantitative estimate of drug-likeness (QED) is 0.711. The summed E-state index contributed by atoms with van der Waals surface area (Å²) in [6.45, 7) is 3.42. The normalized spacial score (nSPS) is 16.9. The fourth-order valence-electron chi connectivity index (χ4n) is 4.18. The number of urea groups is 1. The van der Waals surface area contributed by atoms with E-state index in [1.807, 2.05) is 9.80 Å². The van der Waals surface area contributed by atoms with Crippen molar-refractivity contribution in [2.45, 2.75) is 19.3 Å². The summed E-state index contributed by atoms with van der Waals surface area (Å²) in [7, 11) is 0. The van der Waals surface area contributed by atoms with E-state index in [9.17, 15) is 18.8 Å². The van der Waals surface area contributed by atoms with Gasteiger partial charge in [0.2, 0.25) is 0 Å². The van der Waals surface area contributed by atoms with Crippen LogP contribution in [0.2, 0.25) is 0 Å². The van der Waals surface area contributed by atoms with E-state index in [1.165, 1.54) is 30.7 Å². The molecular weight excluding hydrogens is 397 g/mol. The lowest BCUT2D eigenvalue weighted by molar-refractivity contribution is 0.0630. The molecule has 2 aliphatic heterocycles. The fraction of sp³-hybridized carbons (Fsp3) is 0.375. The van der Waals surface area contributed by atoms with Gasteiger partial charge in [0, 0.05) is 50.4 Å². The van der Waals surface area contributed by atoms with Gasteiger partial charge in [0.1, 0.15) is 5.82 Å². The monoisotopic (exact) mass is 423 g/mol. The number of benzene rings is 2. The highest BCUT2D eigenvalue weighted by Crippen LogP contribution is 2.19. The number of halogens is 1. The molecule has 2 aliphatic rings. The van der Waals surface area contributed by atoms with Crippen LogP contribution in [0.15, 0.2) is 48.5 Å². The van der Waals surface area contributed by atoms with Gasteiger partial charge in [0.05, 0.1) is 5.56 Å². The van der Waals surface area contributed by atoms with E-state index in [2.05, 4.69) is 0 Å². The Morgan fingerprint density at radius 3 is 1.84 bits per heavy atom. The van der Waals surface area contributed by atoms with Crippen molar-refractivity contribution in [2.24, 2.45) is 0 Å². The number of piperidine rings is 1. The number of ketones is 1. The summed E-state index contributed by atoms with van der Waals surface area (Å²) in [6, 6.07) is 12.1. The maximum atomic E-state index is 13.2. The molecular formula is C24H26FN3O3. The maximum Gasteiger partial charge on any atom is 0.320 e. The summed E-state index contributed by atoms with van der Waals surface area (Å²) < 4.78 is 13.2. The molecule has 2 aromatic carbocycles. The largest absolute Gasteiger partial charge is 0.335 e. The topological polar surface area (TPSA) is 60.9 Å². The third-order valence-corrected chi connectivity index (χ3v) is 5.97. The molecule has 3 amide bonds. The van der Waals surface area contributed by atoms with Crippen LogP contribution in [-0.4, -0.2) is 71.7 Å². The van der Waals surface area contributed by atoms with E-state index >= 15 is 0 Å². The van der Waals surface area contributed by atoms with Crippen molar-refractivity contribution in [3.05, 3.63) is 71.0 Å². The minimum absolute atomic E-state index is 0.0543. The SMILES string of the molecule is O=C(c1ccc(F)cc1)c1ccccc1C(=O)N1CCN(C(=O)N2CCCCC2)CC1. The van der Waals surface area contributed by atoms with Crippen LogP contribution < -0.4 is 0 Å². The third-order valence-electron chi connectivity index (χ3n) is 5.97. The van der Waals surface area contributed by atoms with Crippen molar-refractivity contribution < 1.29 is 18.8 Å². The van der Waals surface area contributed by atoms with Crippen molar-refractivity contribution in [3.8, 4) is 0 Å². The Kier molecular flexibility index (Phi) is 6.30. The van der Waals surface area contributed by atoms with Gasteiger partial charge < -0.3 is 14.7 Å². The zero-order valence-corrected chi connectivity index (χ0v) is 17.4. The summed E-state index contributed by atoms with van der Waals surface area (Å²) in [5.41, 5.74) is 0.956. The molecule has 2 heterocycles. The highest BCUT2D eigenvalue weighted by molar-refractivity contribution is 6.15. The van der Waals surface area contributed by atoms with Crippen molar-refractivity contribution in [1.82, 2.24) is 14.7 Å². The molecule has 0 aliphatic carbocycles. The first-order valence-electron chi connectivity index (χ1n) is 10.8. The molecule has 0 saturated carbocycles. The van der Waals surface area contributed by atoms with Gasteiger partial charge in [-0.3, -0.25) is 9.59 Å². The number of nitrogens with zero attached hydrogens (tertiary/aromatic N) is 3. The molecule has 6 nitrogen and oxygen atoms in total. The lowest BCUT2D eigenvalue weighted by Crippen LogP contribution is -2.54. The van der Waals surface area contributed by atoms with Gasteiger partial charge in [-0.15, -0.1) is 0 Å². The predicted octanol–water partition coefficient (Wildman–Crippen LogP) is 3.42. The second kappa shape index (κ2) is 9.29. The average molecular weight is 423 g/mol. The molecule has 162 valence electrons. The molecule has 4 rings (SSSR count). The zero-order valence-electron chi connectivity index (χ0n) is 17.4. The lowest BCUT2D eigenvalue weighted by Gasteiger charge is -2.38. The van der Waals surface area contributed by atoms with E-state index in [1.54, 1.807) is 29.2 Å². The Hall–Kier alpha value is -3.22. The zero-order chi connectivity index (χ0) is 21.8. The second-order valence-corrected chi connectivity index (χ2v) is 7.99. The summed E-state index contributed by atoms with van der Waals surface area (Å²) in [4.78, 5) is 44.2. The Bertz CT molecular complexity index is 962. The number of carbonyl (C=O) groups excluding carboxylic acids is 3. The summed E-state index contributed by atoms with van der Waals surface area (Å²) in [5.74, 6) is -0.961. The molecule has 0 spiro atoms. The maximum absolute atomic E-state index is 13.2. The van der Waals surface area contributed by atoms with Crippen LogP contribution in [0.5, 0.6) is 0 Å². The number of amides is 3. The molecule has 0 bridgehead atoms. The molecule has 0 radical (unpaired) electrons. The Morgan fingerprint density at radius 2 is 1.19 bits per heavy atom. The standard InChI is InChI=1S/C24H26FN3O3/c25-19-10-8-18(9-11-19)22(29)20-6-2-3-7-21(20)23(30)26-14-16-28(17-15-26)24(31)27-12-4-1-5-13-27/h2-3,6-11H,1,4-5,12-17H2. The van der Waals surface area contributed by atoms with Crippen LogP contribution in [0, 0.1) is 5.82 Å². The molecule has 31 heavy (non-hydrogen) atoms. The van der Waals surface area contributed by atoms with Crippen LogP contribution in [0.25, 0.3) is 0 Å². The third kappa shape index (κ3) is 4.60. The predicted molar refractivity (Wildman–Crippen MR) is 115 cm³/mol. The van der Waals surface area contributed by atoms with Crippen LogP contribution >= 0.6 is 0 Å². The van der Waals surface area contributed by atoms with Crippen molar-refractivity contribution in [1.29, 1.82) is 0 Å². The molecule has 2 aromatic rings. The summed E-state index contributed by atoms with van der Waals surface area (Å²) >= 11 is 0. The Labute approximate surface area is 181 Å². The molecule has 0 N–H and O–H groups in total. The van der Waals surface area contributed by atoms with Gasteiger partial charge in [-0.2, -0.15) is 0 Å². The number of hydrogen-bond acceptors (Lipinski definition) is 3. The van der Waals surface area contributed by atoms with Gasteiger partial charge >= 0.3 is 6.03 Å². The van der Waals surface area contributed by atoms with Crippen LogP contribution in [0.4, 0.5) is 9.18 Å². The van der Waals surface area contributed by atoms with Crippen LogP contribution in [0.3, 0.4) is 0 Å². The number of carbonyl (C=O) groups is 3. The fourth-order valence-corrected chi connectivity index (χ4v) is 4.18. The smallest absolute Gasteiger partial charge is 0.320 e. The Balaban J connectivity index is 1.44. The van der Waals surface area contributed by atoms with E-state index < -0.39 is 5.82 Å². The molecule has 7 heteroatoms. The van der Waals surface area contributed by atoms with Gasteiger partial charge in [-0.05, 0) is 49.6 Å². The molecule has 2 fully saturated rings. The van der Waals surface area contributed by atoms with Crippen molar-refractivity contribution in [3.63, 3.8) is 0 Å². The van der Waals surface area contributed by atoms with Crippen LogP contribution in [0.1, 0.15) is 45.5 Å². The van der Waals surface area contributed by atoms with Gasteiger partial charge in [0.25, 0.3) is 5.91 Å². The lowest BCUT2D eigenvalue weighted by atomic mass is 9.97. The van der Waals surface area contributed by atoms with Gasteiger partial charge in [-0.25, -0.2) is 9.18 Å². The highest BCUT2D eigenvalue weighted by Gasteiger charge is 2.29. The number of hydrogen-bond donors (Lipinski definition) is 0. The number of rotatable bonds is 3. The molecule has 2 saturated heterocycles. The summed E-state index contributed by atoms with van der Waals surface area (Å²) in [6.07, 6.45) is 3.26.